The van der Waals surface area contributed by atoms with Crippen molar-refractivity contribution in [3.05, 3.63) is 23.6 Å². The van der Waals surface area contributed by atoms with E-state index in [0.29, 0.717) is 0 Å². The van der Waals surface area contributed by atoms with Crippen molar-refractivity contribution in [2.24, 2.45) is 0 Å². The summed E-state index contributed by atoms with van der Waals surface area (Å²) < 4.78 is 0. The predicted octanol–water partition coefficient (Wildman–Crippen LogP) is 4.23. The Hall–Kier alpha value is 0.657. The Kier molecular flexibility index (Phi) is 6.57. The topological polar surface area (TPSA) is 0 Å². The Morgan fingerprint density at radius 1 is 1.00 bits per heavy atom. The maximum absolute atomic E-state index is 3.67. The Labute approximate surface area is 85.9 Å². The van der Waals surface area contributed by atoms with Crippen LogP contribution in [0.4, 0.5) is 0 Å². The average molecular weight is 298 g/mol. The van der Waals surface area contributed by atoms with E-state index in [1.54, 1.807) is 0 Å². The third-order valence-electron chi connectivity index (χ3n) is 1.15. The van der Waals surface area contributed by atoms with Crippen LogP contribution < -0.4 is 0 Å². The van der Waals surface area contributed by atoms with Crippen LogP contribution in [0.15, 0.2) is 23.6 Å². The largest absolute Gasteiger partial charge is 0.245 e. The number of rotatable bonds is 4. The standard InChI is InChI=1S/C8H14Br2Si/c1-3-5-7-11(9,10)8-6-4-2/h5-8H,3-4H2,1-2H3. The highest BCUT2D eigenvalue weighted by Crippen LogP contribution is 2.23. The Morgan fingerprint density at radius 3 is 1.64 bits per heavy atom. The van der Waals surface area contributed by atoms with E-state index in [4.69, 9.17) is 0 Å². The second-order valence-corrected chi connectivity index (χ2v) is 15.4. The number of halogens is 2. The first-order valence-corrected chi connectivity index (χ1v) is 10.5. The molecule has 0 heterocycles. The Bertz CT molecular complexity index is 134. The molecule has 0 aromatic rings. The molecule has 0 unspecified atom stereocenters. The minimum Gasteiger partial charge on any atom is -0.100 e. The van der Waals surface area contributed by atoms with E-state index in [-0.39, 0.29) is 0 Å². The molecular formula is C8H14Br2Si. The third-order valence-corrected chi connectivity index (χ3v) is 5.68. The number of hydrogen-bond donors (Lipinski definition) is 0. The molecule has 0 aromatic carbocycles. The second-order valence-electron chi connectivity index (χ2n) is 2.30. The zero-order valence-electron chi connectivity index (χ0n) is 6.98. The van der Waals surface area contributed by atoms with Crippen molar-refractivity contribution in [3.8, 4) is 0 Å². The van der Waals surface area contributed by atoms with Gasteiger partial charge in [0.25, 0.3) is 0 Å². The summed E-state index contributed by atoms with van der Waals surface area (Å²) in [6, 6.07) is 0. The van der Waals surface area contributed by atoms with E-state index in [1.165, 1.54) is 0 Å². The lowest BCUT2D eigenvalue weighted by atomic mass is 10.5. The lowest BCUT2D eigenvalue weighted by molar-refractivity contribution is 1.22. The van der Waals surface area contributed by atoms with Crippen LogP contribution >= 0.6 is 30.6 Å². The Morgan fingerprint density at radius 2 is 1.36 bits per heavy atom. The van der Waals surface area contributed by atoms with Crippen molar-refractivity contribution in [1.82, 2.24) is 0 Å². The van der Waals surface area contributed by atoms with E-state index in [0.717, 1.165) is 12.8 Å². The first-order valence-electron chi connectivity index (χ1n) is 3.85. The zero-order chi connectivity index (χ0) is 8.74. The zero-order valence-corrected chi connectivity index (χ0v) is 11.2. The lowest BCUT2D eigenvalue weighted by Gasteiger charge is -2.04. The monoisotopic (exact) mass is 296 g/mol. The molecule has 0 N–H and O–H groups in total. The molecule has 0 radical (unpaired) electrons. The van der Waals surface area contributed by atoms with Crippen molar-refractivity contribution < 1.29 is 0 Å². The number of hydrogen-bond acceptors (Lipinski definition) is 0. The number of allylic oxidation sites excluding steroid dienone is 2. The van der Waals surface area contributed by atoms with Crippen LogP contribution in [0.3, 0.4) is 0 Å². The van der Waals surface area contributed by atoms with Crippen LogP contribution in [0.1, 0.15) is 26.7 Å². The van der Waals surface area contributed by atoms with Gasteiger partial charge in [-0.15, -0.1) is 30.6 Å². The molecule has 11 heavy (non-hydrogen) atoms. The lowest BCUT2D eigenvalue weighted by Crippen LogP contribution is -2.09. The van der Waals surface area contributed by atoms with E-state index >= 15 is 0 Å². The van der Waals surface area contributed by atoms with Gasteiger partial charge in [-0.1, -0.05) is 37.4 Å². The summed E-state index contributed by atoms with van der Waals surface area (Å²) in [5.74, 6) is 0. The van der Waals surface area contributed by atoms with Crippen molar-refractivity contribution in [2.45, 2.75) is 26.7 Å². The van der Waals surface area contributed by atoms with Gasteiger partial charge in [0, 0.05) is 0 Å². The summed E-state index contributed by atoms with van der Waals surface area (Å²) in [6.07, 6.45) is 6.59. The van der Waals surface area contributed by atoms with E-state index in [9.17, 15) is 0 Å². The molecule has 0 bridgehead atoms. The van der Waals surface area contributed by atoms with Crippen molar-refractivity contribution in [1.29, 1.82) is 0 Å². The van der Waals surface area contributed by atoms with Gasteiger partial charge in [0.05, 0.1) is 0 Å². The van der Waals surface area contributed by atoms with E-state index in [2.05, 4.69) is 68.0 Å². The molecule has 0 fully saturated rings. The minimum absolute atomic E-state index is 1.10. The first kappa shape index (κ1) is 11.7. The molecule has 64 valence electrons. The van der Waals surface area contributed by atoms with Gasteiger partial charge in [0.2, 0.25) is 5.31 Å². The molecule has 0 aliphatic rings. The van der Waals surface area contributed by atoms with Gasteiger partial charge in [0.15, 0.2) is 0 Å². The van der Waals surface area contributed by atoms with E-state index < -0.39 is 5.31 Å². The molecule has 0 saturated carbocycles. The SMILES string of the molecule is CCC=C[Si](Br)(Br)C=CCC. The molecule has 3 heteroatoms. The van der Waals surface area contributed by atoms with Crippen LogP contribution in [-0.4, -0.2) is 5.31 Å². The molecule has 0 amide bonds. The fraction of sp³-hybridized carbons (Fsp3) is 0.500. The van der Waals surface area contributed by atoms with Crippen LogP contribution in [0.2, 0.25) is 0 Å². The Balaban J connectivity index is 3.99. The molecule has 0 spiro atoms. The normalized spacial score (nSPS) is 13.5. The van der Waals surface area contributed by atoms with Crippen molar-refractivity contribution in [3.63, 3.8) is 0 Å². The fourth-order valence-corrected chi connectivity index (χ4v) is 4.06. The highest BCUT2D eigenvalue weighted by atomic mass is 79.9. The van der Waals surface area contributed by atoms with Gasteiger partial charge < -0.3 is 0 Å². The third kappa shape index (κ3) is 7.03. The summed E-state index contributed by atoms with van der Waals surface area (Å²) in [7, 11) is 0. The molecule has 0 aromatic heterocycles. The van der Waals surface area contributed by atoms with Gasteiger partial charge in [-0.2, -0.15) is 0 Å². The molecular weight excluding hydrogens is 284 g/mol. The van der Waals surface area contributed by atoms with Crippen LogP contribution in [0.25, 0.3) is 0 Å². The van der Waals surface area contributed by atoms with Crippen molar-refractivity contribution >= 4 is 35.9 Å². The van der Waals surface area contributed by atoms with Crippen molar-refractivity contribution in [2.75, 3.05) is 0 Å². The van der Waals surface area contributed by atoms with Gasteiger partial charge in [-0.3, -0.25) is 0 Å². The highest BCUT2D eigenvalue weighted by Gasteiger charge is 2.16. The van der Waals surface area contributed by atoms with Gasteiger partial charge >= 0.3 is 0 Å². The quantitative estimate of drug-likeness (QED) is 0.538. The van der Waals surface area contributed by atoms with E-state index in [1.807, 2.05) is 0 Å². The summed E-state index contributed by atoms with van der Waals surface area (Å²) in [4.78, 5) is 0. The van der Waals surface area contributed by atoms with Gasteiger partial charge in [-0.25, -0.2) is 0 Å². The molecule has 0 rings (SSSR count). The highest BCUT2D eigenvalue weighted by molar-refractivity contribution is 9.51. The fourth-order valence-electron chi connectivity index (χ4n) is 0.606. The smallest absolute Gasteiger partial charge is 0.100 e. The summed E-state index contributed by atoms with van der Waals surface area (Å²) >= 11 is 7.33. The van der Waals surface area contributed by atoms with Crippen LogP contribution in [0, 0.1) is 0 Å². The second kappa shape index (κ2) is 6.20. The predicted molar refractivity (Wildman–Crippen MR) is 62.5 cm³/mol. The molecule has 0 saturated heterocycles. The maximum atomic E-state index is 3.67. The summed E-state index contributed by atoms with van der Waals surface area (Å²) in [5, 5.41) is -1.48. The molecule has 0 aliphatic carbocycles. The molecule has 0 nitrogen and oxygen atoms in total. The van der Waals surface area contributed by atoms with Crippen LogP contribution in [-0.2, 0) is 0 Å². The van der Waals surface area contributed by atoms with Gasteiger partial charge in [0.1, 0.15) is 0 Å². The molecule has 0 atom stereocenters. The summed E-state index contributed by atoms with van der Waals surface area (Å²) in [5.41, 5.74) is 4.47. The van der Waals surface area contributed by atoms with Gasteiger partial charge in [-0.05, 0) is 12.8 Å². The maximum Gasteiger partial charge on any atom is 0.245 e. The summed E-state index contributed by atoms with van der Waals surface area (Å²) in [6.45, 7) is 4.29. The first-order chi connectivity index (χ1) is 5.12. The minimum atomic E-state index is -1.48. The molecule has 0 aliphatic heterocycles. The average Bonchev–Trinajstić information content (AvgIpc) is 1.97. The van der Waals surface area contributed by atoms with Crippen LogP contribution in [0.5, 0.6) is 0 Å².